The van der Waals surface area contributed by atoms with Crippen molar-refractivity contribution in [2.24, 2.45) is 28.9 Å². The predicted molar refractivity (Wildman–Crippen MR) is 123 cm³/mol. The molecule has 4 bridgehead atoms. The van der Waals surface area contributed by atoms with Crippen LogP contribution >= 0.6 is 0 Å². The molecule has 0 radical (unpaired) electrons. The van der Waals surface area contributed by atoms with Gasteiger partial charge in [-0.2, -0.15) is 10.2 Å². The van der Waals surface area contributed by atoms with E-state index in [2.05, 4.69) is 57.9 Å². The molecule has 1 heterocycles. The van der Waals surface area contributed by atoms with E-state index in [1.165, 1.54) is 43.2 Å². The van der Waals surface area contributed by atoms with Gasteiger partial charge in [-0.1, -0.05) is 29.8 Å². The average Bonchev–Trinajstić information content (AvgIpc) is 2.77. The van der Waals surface area contributed by atoms with E-state index in [1.807, 2.05) is 0 Å². The van der Waals surface area contributed by atoms with E-state index in [1.54, 1.807) is 6.20 Å². The minimum absolute atomic E-state index is 0.309. The van der Waals surface area contributed by atoms with Crippen molar-refractivity contribution in [1.29, 1.82) is 5.26 Å². The summed E-state index contributed by atoms with van der Waals surface area (Å²) in [6, 6.07) is 11.2. The third kappa shape index (κ3) is 4.12. The molecule has 0 spiro atoms. The van der Waals surface area contributed by atoms with Gasteiger partial charge in [0.2, 0.25) is 5.95 Å². The summed E-state index contributed by atoms with van der Waals surface area (Å²) in [6.07, 6.45) is 8.86. The first-order valence-corrected chi connectivity index (χ1v) is 11.6. The van der Waals surface area contributed by atoms with E-state index in [0.717, 1.165) is 25.4 Å². The Hall–Kier alpha value is -2.65. The molecule has 4 saturated carbocycles. The Morgan fingerprint density at radius 2 is 1.87 bits per heavy atom. The molecule has 6 nitrogen and oxygen atoms in total. The number of aryl methyl sites for hydroxylation is 1. The van der Waals surface area contributed by atoms with Crippen LogP contribution in [0.15, 0.2) is 30.5 Å². The lowest BCUT2D eigenvalue weighted by Crippen LogP contribution is -2.58. The quantitative estimate of drug-likeness (QED) is 0.633. The number of aromatic nitrogens is 2. The van der Waals surface area contributed by atoms with Crippen LogP contribution in [0.3, 0.4) is 0 Å². The molecule has 1 aromatic heterocycles. The summed E-state index contributed by atoms with van der Waals surface area (Å²) in [5.41, 5.74) is 9.87. The number of nitrogens with zero attached hydrogens (tertiary/aromatic N) is 3. The summed E-state index contributed by atoms with van der Waals surface area (Å²) < 4.78 is 0. The summed E-state index contributed by atoms with van der Waals surface area (Å²) >= 11 is 0. The van der Waals surface area contributed by atoms with Gasteiger partial charge in [0, 0.05) is 19.1 Å². The summed E-state index contributed by atoms with van der Waals surface area (Å²) in [7, 11) is 0. The molecule has 1 aromatic carbocycles. The van der Waals surface area contributed by atoms with Crippen LogP contribution < -0.4 is 16.4 Å². The molecule has 4 N–H and O–H groups in total. The van der Waals surface area contributed by atoms with Gasteiger partial charge in [0.1, 0.15) is 17.5 Å². The minimum atomic E-state index is 0.309. The molecule has 4 aliphatic rings. The van der Waals surface area contributed by atoms with Gasteiger partial charge in [-0.3, -0.25) is 0 Å². The van der Waals surface area contributed by atoms with Crippen molar-refractivity contribution < 1.29 is 0 Å². The van der Waals surface area contributed by atoms with Crippen molar-refractivity contribution in [1.82, 2.24) is 9.97 Å². The van der Waals surface area contributed by atoms with Crippen LogP contribution in [-0.4, -0.2) is 29.1 Å². The van der Waals surface area contributed by atoms with Crippen molar-refractivity contribution in [3.63, 3.8) is 0 Å². The first-order chi connectivity index (χ1) is 15.0. The Balaban J connectivity index is 1.23. The lowest BCUT2D eigenvalue weighted by atomic mass is 9.48. The normalized spacial score (nSPS) is 30.7. The zero-order chi connectivity index (χ0) is 21.4. The van der Waals surface area contributed by atoms with E-state index in [4.69, 9.17) is 5.73 Å². The van der Waals surface area contributed by atoms with Crippen molar-refractivity contribution in [3.05, 3.63) is 47.2 Å². The Labute approximate surface area is 184 Å². The Morgan fingerprint density at radius 3 is 2.58 bits per heavy atom. The minimum Gasteiger partial charge on any atom is -0.368 e. The maximum Gasteiger partial charge on any atom is 0.224 e. The molecule has 6 heteroatoms. The maximum atomic E-state index is 9.54. The predicted octanol–water partition coefficient (Wildman–Crippen LogP) is 3.88. The number of nitrogens with one attached hydrogen (secondary N) is 2. The molecule has 1 unspecified atom stereocenters. The molecule has 0 saturated heterocycles. The Kier molecular flexibility index (Phi) is 5.31. The number of rotatable bonds is 7. The SMILES string of the molecule is Cc1ccc(CCNc2ncc(C#N)c(NC[C@]34CC5C[C@H](C3)[C@@H](N)[C@@H](C5)C4)n2)cc1. The lowest BCUT2D eigenvalue weighted by Gasteiger charge is -2.59. The van der Waals surface area contributed by atoms with Crippen LogP contribution in [0.1, 0.15) is 48.8 Å². The topological polar surface area (TPSA) is 99.7 Å². The van der Waals surface area contributed by atoms with Crippen LogP contribution in [0.5, 0.6) is 0 Å². The molecule has 0 amide bonds. The van der Waals surface area contributed by atoms with E-state index < -0.39 is 0 Å². The van der Waals surface area contributed by atoms with Crippen molar-refractivity contribution in [2.45, 2.75) is 51.5 Å². The number of nitriles is 1. The highest BCUT2D eigenvalue weighted by molar-refractivity contribution is 5.53. The zero-order valence-electron chi connectivity index (χ0n) is 18.3. The van der Waals surface area contributed by atoms with Gasteiger partial charge >= 0.3 is 0 Å². The van der Waals surface area contributed by atoms with Gasteiger partial charge in [0.05, 0.1) is 6.20 Å². The van der Waals surface area contributed by atoms with E-state index in [0.29, 0.717) is 40.6 Å². The monoisotopic (exact) mass is 416 g/mol. The van der Waals surface area contributed by atoms with Crippen LogP contribution in [0.2, 0.25) is 0 Å². The standard InChI is InChI=1S/C25H32N6/c1-16-2-4-17(5-3-16)6-7-28-24-29-14-21(13-26)23(31-24)30-15-25-10-18-8-19(11-25)22(27)20(9-18)12-25/h2-5,14,18-20,22H,6-12,15,27H2,1H3,(H2,28,29,30,31)/t18?,19-,20+,22-,25-. The fraction of sp³-hybridized carbons (Fsp3) is 0.560. The molecular formula is C25H32N6. The first-order valence-electron chi connectivity index (χ1n) is 11.6. The summed E-state index contributed by atoms with van der Waals surface area (Å²) in [4.78, 5) is 8.98. The number of nitrogens with two attached hydrogens (primary N) is 1. The number of hydrogen-bond donors (Lipinski definition) is 3. The number of anilines is 2. The third-order valence-electron chi connectivity index (χ3n) is 7.83. The van der Waals surface area contributed by atoms with Gasteiger partial charge in [0.25, 0.3) is 0 Å². The van der Waals surface area contributed by atoms with Crippen LogP contribution in [-0.2, 0) is 6.42 Å². The summed E-state index contributed by atoms with van der Waals surface area (Å²) in [6.45, 7) is 3.72. The Bertz CT molecular complexity index is 962. The zero-order valence-corrected chi connectivity index (χ0v) is 18.3. The molecule has 5 atom stereocenters. The highest BCUT2D eigenvalue weighted by atomic mass is 15.1. The van der Waals surface area contributed by atoms with Crippen molar-refractivity contribution >= 4 is 11.8 Å². The molecule has 162 valence electrons. The van der Waals surface area contributed by atoms with Gasteiger partial charge in [0.15, 0.2) is 0 Å². The maximum absolute atomic E-state index is 9.54. The molecule has 4 aliphatic carbocycles. The van der Waals surface area contributed by atoms with E-state index in [9.17, 15) is 5.26 Å². The second-order valence-corrected chi connectivity index (χ2v) is 10.1. The number of benzene rings is 1. The fourth-order valence-corrected chi connectivity index (χ4v) is 6.48. The van der Waals surface area contributed by atoms with Gasteiger partial charge in [-0.05, 0) is 74.2 Å². The second kappa shape index (κ2) is 8.12. The van der Waals surface area contributed by atoms with E-state index >= 15 is 0 Å². The smallest absolute Gasteiger partial charge is 0.224 e. The highest BCUT2D eigenvalue weighted by Crippen LogP contribution is 2.59. The largest absolute Gasteiger partial charge is 0.368 e. The molecule has 2 aromatic rings. The van der Waals surface area contributed by atoms with Gasteiger partial charge < -0.3 is 16.4 Å². The fourth-order valence-electron chi connectivity index (χ4n) is 6.48. The first kappa shape index (κ1) is 20.3. The van der Waals surface area contributed by atoms with Crippen LogP contribution in [0.25, 0.3) is 0 Å². The van der Waals surface area contributed by atoms with Crippen molar-refractivity contribution in [3.8, 4) is 6.07 Å². The van der Waals surface area contributed by atoms with E-state index in [-0.39, 0.29) is 0 Å². The summed E-state index contributed by atoms with van der Waals surface area (Å²) in [5, 5.41) is 16.4. The number of hydrogen-bond acceptors (Lipinski definition) is 6. The third-order valence-corrected chi connectivity index (χ3v) is 7.83. The summed E-state index contributed by atoms with van der Waals surface area (Å²) in [5.74, 6) is 3.40. The molecule has 0 aliphatic heterocycles. The van der Waals surface area contributed by atoms with Gasteiger partial charge in [-0.25, -0.2) is 4.98 Å². The molecule has 6 rings (SSSR count). The van der Waals surface area contributed by atoms with Crippen LogP contribution in [0, 0.1) is 41.4 Å². The average molecular weight is 417 g/mol. The highest BCUT2D eigenvalue weighted by Gasteiger charge is 2.54. The van der Waals surface area contributed by atoms with Crippen LogP contribution in [0.4, 0.5) is 11.8 Å². The molecular weight excluding hydrogens is 384 g/mol. The van der Waals surface area contributed by atoms with Crippen molar-refractivity contribution in [2.75, 3.05) is 23.7 Å². The lowest BCUT2D eigenvalue weighted by molar-refractivity contribution is -0.0591. The molecule has 4 fully saturated rings. The second-order valence-electron chi connectivity index (χ2n) is 10.1. The Morgan fingerprint density at radius 1 is 1.13 bits per heavy atom. The van der Waals surface area contributed by atoms with Gasteiger partial charge in [-0.15, -0.1) is 0 Å². The molecule has 31 heavy (non-hydrogen) atoms.